The number of hydrogen-bond acceptors (Lipinski definition) is 6. The van der Waals surface area contributed by atoms with Crippen molar-refractivity contribution < 1.29 is 28.6 Å². The van der Waals surface area contributed by atoms with Gasteiger partial charge in [0.1, 0.15) is 13.2 Å². The molecule has 0 saturated carbocycles. The van der Waals surface area contributed by atoms with Crippen molar-refractivity contribution in [3.05, 3.63) is 85.1 Å². The second kappa shape index (κ2) is 45.3. The predicted octanol–water partition coefficient (Wildman–Crippen LogP) is 14.9. The zero-order valence-corrected chi connectivity index (χ0v) is 36.8. The van der Waals surface area contributed by atoms with Gasteiger partial charge in [0.2, 0.25) is 0 Å². The average Bonchev–Trinajstić information content (AvgIpc) is 3.21. The van der Waals surface area contributed by atoms with E-state index in [1.54, 1.807) is 0 Å². The van der Waals surface area contributed by atoms with Gasteiger partial charge in [-0.1, -0.05) is 202 Å². The Balaban J connectivity index is 4.49. The molecule has 0 N–H and O–H groups in total. The third-order valence-corrected chi connectivity index (χ3v) is 9.55. The third kappa shape index (κ3) is 43.6. The van der Waals surface area contributed by atoms with Crippen molar-refractivity contribution in [3.63, 3.8) is 0 Å². The van der Waals surface area contributed by atoms with Gasteiger partial charge in [-0.25, -0.2) is 0 Å². The van der Waals surface area contributed by atoms with Gasteiger partial charge in [0.15, 0.2) is 6.10 Å². The molecule has 57 heavy (non-hydrogen) atoms. The highest BCUT2D eigenvalue weighted by Gasteiger charge is 2.19. The van der Waals surface area contributed by atoms with Crippen LogP contribution >= 0.6 is 0 Å². The summed E-state index contributed by atoms with van der Waals surface area (Å²) in [5, 5.41) is 0. The first-order valence-corrected chi connectivity index (χ1v) is 23.2. The number of ether oxygens (including phenoxy) is 3. The van der Waals surface area contributed by atoms with Gasteiger partial charge in [-0.3, -0.25) is 14.4 Å². The van der Waals surface area contributed by atoms with E-state index in [1.165, 1.54) is 77.0 Å². The molecule has 0 fully saturated rings. The number of allylic oxidation sites excluding steroid dienone is 14. The zero-order valence-electron chi connectivity index (χ0n) is 36.8. The van der Waals surface area contributed by atoms with Crippen LogP contribution in [-0.2, 0) is 28.6 Å². The van der Waals surface area contributed by atoms with Gasteiger partial charge < -0.3 is 14.2 Å². The summed E-state index contributed by atoms with van der Waals surface area (Å²) in [6, 6.07) is 0. The second-order valence-corrected chi connectivity index (χ2v) is 15.1. The maximum Gasteiger partial charge on any atom is 0.306 e. The minimum atomic E-state index is -0.799. The van der Waals surface area contributed by atoms with E-state index in [2.05, 4.69) is 45.1 Å². The van der Waals surface area contributed by atoms with Crippen molar-refractivity contribution >= 4 is 17.9 Å². The van der Waals surface area contributed by atoms with Crippen LogP contribution in [0.4, 0.5) is 0 Å². The van der Waals surface area contributed by atoms with Crippen LogP contribution in [0.5, 0.6) is 0 Å². The fourth-order valence-corrected chi connectivity index (χ4v) is 6.05. The Bertz CT molecular complexity index is 1140. The molecule has 0 aliphatic carbocycles. The molecule has 0 spiro atoms. The normalized spacial score (nSPS) is 12.8. The van der Waals surface area contributed by atoms with Crippen molar-refractivity contribution in [1.29, 1.82) is 0 Å². The highest BCUT2D eigenvalue weighted by molar-refractivity contribution is 5.71. The van der Waals surface area contributed by atoms with Gasteiger partial charge in [-0.2, -0.15) is 0 Å². The molecular weight excluding hydrogens is 709 g/mol. The lowest BCUT2D eigenvalue weighted by atomic mass is 10.1. The molecule has 1 atom stereocenters. The second-order valence-electron chi connectivity index (χ2n) is 15.1. The molecule has 6 nitrogen and oxygen atoms in total. The van der Waals surface area contributed by atoms with Gasteiger partial charge in [0.25, 0.3) is 0 Å². The number of esters is 3. The number of hydrogen-bond donors (Lipinski definition) is 0. The topological polar surface area (TPSA) is 78.9 Å². The average molecular weight is 793 g/mol. The summed E-state index contributed by atoms with van der Waals surface area (Å²) in [6.07, 6.45) is 57.1. The van der Waals surface area contributed by atoms with Crippen molar-refractivity contribution in [2.24, 2.45) is 0 Å². The van der Waals surface area contributed by atoms with Gasteiger partial charge in [0, 0.05) is 19.3 Å². The molecule has 0 amide bonds. The largest absolute Gasteiger partial charge is 0.462 e. The highest BCUT2D eigenvalue weighted by atomic mass is 16.6. The first kappa shape index (κ1) is 53.6. The van der Waals surface area contributed by atoms with E-state index in [9.17, 15) is 14.4 Å². The van der Waals surface area contributed by atoms with Crippen molar-refractivity contribution in [2.45, 2.75) is 207 Å². The molecular formula is C51H84O6. The minimum Gasteiger partial charge on any atom is -0.462 e. The molecule has 0 rings (SSSR count). The molecule has 324 valence electrons. The Morgan fingerprint density at radius 2 is 0.702 bits per heavy atom. The number of carbonyl (C=O) groups is 3. The van der Waals surface area contributed by atoms with Gasteiger partial charge in [-0.05, 0) is 64.2 Å². The van der Waals surface area contributed by atoms with E-state index < -0.39 is 6.10 Å². The van der Waals surface area contributed by atoms with Gasteiger partial charge in [-0.15, -0.1) is 0 Å². The van der Waals surface area contributed by atoms with Crippen LogP contribution in [0.3, 0.4) is 0 Å². The number of unbranched alkanes of at least 4 members (excludes halogenated alkanes) is 20. The lowest BCUT2D eigenvalue weighted by Crippen LogP contribution is -2.30. The summed E-state index contributed by atoms with van der Waals surface area (Å²) in [7, 11) is 0. The van der Waals surface area contributed by atoms with E-state index in [4.69, 9.17) is 14.2 Å². The Hall–Kier alpha value is -3.41. The molecule has 0 heterocycles. The first-order chi connectivity index (χ1) is 28.0. The molecule has 0 radical (unpaired) electrons. The van der Waals surface area contributed by atoms with Crippen LogP contribution in [-0.4, -0.2) is 37.2 Å². The Morgan fingerprint density at radius 3 is 1.14 bits per heavy atom. The van der Waals surface area contributed by atoms with Crippen molar-refractivity contribution in [1.82, 2.24) is 0 Å². The minimum absolute atomic E-state index is 0.0970. The van der Waals surface area contributed by atoms with Gasteiger partial charge >= 0.3 is 17.9 Å². The SMILES string of the molecule is CC\C=C/C=C\C=C/C=C\C=C\C=C/CCCCCC(=O)OCC(COC(=O)CCCCCCCCCCC)OC(=O)CCCCC/C=C\CCCCCCCC. The van der Waals surface area contributed by atoms with Crippen LogP contribution in [0.1, 0.15) is 201 Å². The Labute approximate surface area is 350 Å². The predicted molar refractivity (Wildman–Crippen MR) is 242 cm³/mol. The Morgan fingerprint density at radius 1 is 0.368 bits per heavy atom. The van der Waals surface area contributed by atoms with Crippen LogP contribution in [0, 0.1) is 0 Å². The molecule has 0 aliphatic heterocycles. The number of carbonyl (C=O) groups excluding carboxylic acids is 3. The fraction of sp³-hybridized carbons (Fsp3) is 0.667. The van der Waals surface area contributed by atoms with E-state index >= 15 is 0 Å². The standard InChI is InChI=1S/C51H84O6/c1-4-7-10-13-16-19-21-23-24-25-26-28-29-32-35-38-41-44-50(53)56-47-48(46-55-49(52)43-40-37-34-31-18-15-12-9-6-3)57-51(54)45-42-39-36-33-30-27-22-20-17-14-11-8-5-2/h7,10,13,16,19,21,23-30,48H,4-6,8-9,11-12,14-15,17-18,20,22,31-47H2,1-3H3/b10-7-,16-13-,21-19-,24-23-,26-25+,29-28-,30-27-. The zero-order chi connectivity index (χ0) is 41.5. The van der Waals surface area contributed by atoms with Crippen LogP contribution < -0.4 is 0 Å². The molecule has 0 aromatic rings. The summed E-state index contributed by atoms with van der Waals surface area (Å²) in [4.78, 5) is 37.7. The Kier molecular flexibility index (Phi) is 42.6. The molecule has 0 aliphatic rings. The summed E-state index contributed by atoms with van der Waals surface area (Å²) >= 11 is 0. The quantitative estimate of drug-likeness (QED) is 0.0202. The van der Waals surface area contributed by atoms with E-state index in [-0.39, 0.29) is 31.1 Å². The smallest absolute Gasteiger partial charge is 0.306 e. The van der Waals surface area contributed by atoms with Crippen LogP contribution in [0.15, 0.2) is 85.1 Å². The molecule has 0 aromatic carbocycles. The van der Waals surface area contributed by atoms with Crippen molar-refractivity contribution in [2.75, 3.05) is 13.2 Å². The maximum atomic E-state index is 12.7. The first-order valence-electron chi connectivity index (χ1n) is 23.2. The van der Waals surface area contributed by atoms with Crippen LogP contribution in [0.25, 0.3) is 0 Å². The maximum absolute atomic E-state index is 12.7. The fourth-order valence-electron chi connectivity index (χ4n) is 6.05. The van der Waals surface area contributed by atoms with Gasteiger partial charge in [0.05, 0.1) is 0 Å². The molecule has 0 saturated heterocycles. The lowest BCUT2D eigenvalue weighted by molar-refractivity contribution is -0.167. The third-order valence-electron chi connectivity index (χ3n) is 9.55. The van der Waals surface area contributed by atoms with E-state index in [0.717, 1.165) is 83.5 Å². The summed E-state index contributed by atoms with van der Waals surface area (Å²) in [5.41, 5.74) is 0. The summed E-state index contributed by atoms with van der Waals surface area (Å²) < 4.78 is 16.6. The number of rotatable bonds is 40. The van der Waals surface area contributed by atoms with Crippen molar-refractivity contribution in [3.8, 4) is 0 Å². The van der Waals surface area contributed by atoms with E-state index in [0.29, 0.717) is 19.3 Å². The highest BCUT2D eigenvalue weighted by Crippen LogP contribution is 2.13. The monoisotopic (exact) mass is 793 g/mol. The molecule has 6 heteroatoms. The lowest BCUT2D eigenvalue weighted by Gasteiger charge is -2.18. The molecule has 0 aromatic heterocycles. The molecule has 0 bridgehead atoms. The summed E-state index contributed by atoms with van der Waals surface area (Å²) in [6.45, 7) is 6.39. The summed E-state index contributed by atoms with van der Waals surface area (Å²) in [5.74, 6) is -0.968. The van der Waals surface area contributed by atoms with Crippen LogP contribution in [0.2, 0.25) is 0 Å². The molecule has 1 unspecified atom stereocenters. The van der Waals surface area contributed by atoms with E-state index in [1.807, 2.05) is 60.8 Å².